The van der Waals surface area contributed by atoms with Crippen molar-refractivity contribution in [2.24, 2.45) is 5.73 Å². The second-order valence-corrected chi connectivity index (χ2v) is 4.75. The first-order valence-electron chi connectivity index (χ1n) is 6.56. The number of nitrogens with two attached hydrogens (primary N) is 1. The van der Waals surface area contributed by atoms with Crippen molar-refractivity contribution in [1.29, 1.82) is 0 Å². The molecule has 0 bridgehead atoms. The summed E-state index contributed by atoms with van der Waals surface area (Å²) in [5, 5.41) is 4.14. The number of nitrogens with zero attached hydrogens (tertiary/aromatic N) is 2. The van der Waals surface area contributed by atoms with Gasteiger partial charge in [-0.25, -0.2) is 4.68 Å². The zero-order valence-corrected chi connectivity index (χ0v) is 11.8. The fourth-order valence-corrected chi connectivity index (χ4v) is 1.92. The molecule has 5 heteroatoms. The molecule has 5 nitrogen and oxygen atoms in total. The number of rotatable bonds is 5. The highest BCUT2D eigenvalue weighted by Gasteiger charge is 2.04. The summed E-state index contributed by atoms with van der Waals surface area (Å²) < 4.78 is 6.71. The Morgan fingerprint density at radius 3 is 2.80 bits per heavy atom. The molecule has 2 aromatic rings. The van der Waals surface area contributed by atoms with E-state index in [0.717, 1.165) is 11.1 Å². The first kappa shape index (κ1) is 14.3. The van der Waals surface area contributed by atoms with Crippen LogP contribution in [-0.4, -0.2) is 22.9 Å². The van der Waals surface area contributed by atoms with Crippen LogP contribution in [0.5, 0.6) is 5.75 Å². The summed E-state index contributed by atoms with van der Waals surface area (Å²) >= 11 is 0. The van der Waals surface area contributed by atoms with Crippen LogP contribution in [0.25, 0.3) is 0 Å². The molecule has 1 aromatic heterocycles. The van der Waals surface area contributed by atoms with Crippen molar-refractivity contribution >= 4 is 0 Å². The van der Waals surface area contributed by atoms with Gasteiger partial charge in [0, 0.05) is 12.6 Å². The number of aryl methyl sites for hydroxylation is 2. The summed E-state index contributed by atoms with van der Waals surface area (Å²) in [6, 6.07) is 7.61. The molecule has 0 spiro atoms. The van der Waals surface area contributed by atoms with Crippen LogP contribution in [-0.2, 0) is 6.54 Å². The fourth-order valence-electron chi connectivity index (χ4n) is 1.92. The van der Waals surface area contributed by atoms with Gasteiger partial charge in [0.15, 0.2) is 0 Å². The zero-order chi connectivity index (χ0) is 14.5. The summed E-state index contributed by atoms with van der Waals surface area (Å²) in [7, 11) is 0. The van der Waals surface area contributed by atoms with E-state index in [4.69, 9.17) is 10.5 Å². The lowest BCUT2D eigenvalue weighted by molar-refractivity contribution is 0.324. The van der Waals surface area contributed by atoms with Crippen molar-refractivity contribution in [2.45, 2.75) is 20.4 Å². The SMILES string of the molecule is Cc1ccc(C)c(Cn2ncc(OCCN)cc2=O)c1. The Kier molecular flexibility index (Phi) is 4.53. The van der Waals surface area contributed by atoms with E-state index in [9.17, 15) is 4.79 Å². The largest absolute Gasteiger partial charge is 0.490 e. The van der Waals surface area contributed by atoms with E-state index in [1.54, 1.807) is 6.20 Å². The summed E-state index contributed by atoms with van der Waals surface area (Å²) in [5.41, 5.74) is 8.58. The van der Waals surface area contributed by atoms with E-state index in [0.29, 0.717) is 25.4 Å². The molecule has 2 N–H and O–H groups in total. The van der Waals surface area contributed by atoms with E-state index in [1.807, 2.05) is 13.8 Å². The number of aromatic nitrogens is 2. The van der Waals surface area contributed by atoms with Gasteiger partial charge < -0.3 is 10.5 Å². The molecule has 2 rings (SSSR count). The van der Waals surface area contributed by atoms with E-state index >= 15 is 0 Å². The smallest absolute Gasteiger partial charge is 0.270 e. The molecule has 0 aliphatic rings. The van der Waals surface area contributed by atoms with E-state index in [1.165, 1.54) is 16.3 Å². The molecule has 0 saturated heterocycles. The standard InChI is InChI=1S/C15H19N3O2/c1-11-3-4-12(2)13(7-11)10-18-15(19)8-14(9-17-18)20-6-5-16/h3-4,7-9H,5-6,10,16H2,1-2H3. The Morgan fingerprint density at radius 2 is 2.10 bits per heavy atom. The Labute approximate surface area is 118 Å². The molecule has 0 radical (unpaired) electrons. The summed E-state index contributed by atoms with van der Waals surface area (Å²) in [6.45, 7) is 5.30. The maximum atomic E-state index is 12.0. The van der Waals surface area contributed by atoms with Crippen molar-refractivity contribution in [3.05, 3.63) is 57.5 Å². The molecule has 0 saturated carbocycles. The monoisotopic (exact) mass is 273 g/mol. The second-order valence-electron chi connectivity index (χ2n) is 4.75. The van der Waals surface area contributed by atoms with E-state index in [-0.39, 0.29) is 5.56 Å². The molecule has 0 aliphatic carbocycles. The van der Waals surface area contributed by atoms with Crippen LogP contribution in [0.3, 0.4) is 0 Å². The van der Waals surface area contributed by atoms with Crippen molar-refractivity contribution in [3.8, 4) is 5.75 Å². The van der Waals surface area contributed by atoms with Crippen LogP contribution in [0, 0.1) is 13.8 Å². The van der Waals surface area contributed by atoms with Crippen molar-refractivity contribution in [1.82, 2.24) is 9.78 Å². The van der Waals surface area contributed by atoms with Crippen molar-refractivity contribution < 1.29 is 4.74 Å². The lowest BCUT2D eigenvalue weighted by Gasteiger charge is -2.09. The summed E-state index contributed by atoms with van der Waals surface area (Å²) in [4.78, 5) is 12.0. The van der Waals surface area contributed by atoms with Gasteiger partial charge in [0.1, 0.15) is 12.4 Å². The molecule has 0 atom stereocenters. The van der Waals surface area contributed by atoms with Gasteiger partial charge in [-0.3, -0.25) is 4.79 Å². The molecule has 1 heterocycles. The number of hydrogen-bond donors (Lipinski definition) is 1. The van der Waals surface area contributed by atoms with Crippen LogP contribution in [0.4, 0.5) is 0 Å². The van der Waals surface area contributed by atoms with Gasteiger partial charge in [-0.15, -0.1) is 0 Å². The highest BCUT2D eigenvalue weighted by Crippen LogP contribution is 2.11. The molecular formula is C15H19N3O2. The van der Waals surface area contributed by atoms with Gasteiger partial charge in [0.25, 0.3) is 5.56 Å². The Balaban J connectivity index is 2.21. The van der Waals surface area contributed by atoms with Gasteiger partial charge in [0.2, 0.25) is 0 Å². The molecule has 106 valence electrons. The van der Waals surface area contributed by atoms with Crippen LogP contribution in [0.1, 0.15) is 16.7 Å². The van der Waals surface area contributed by atoms with Crippen molar-refractivity contribution in [3.63, 3.8) is 0 Å². The summed E-state index contributed by atoms with van der Waals surface area (Å²) in [6.07, 6.45) is 1.54. The Morgan fingerprint density at radius 1 is 1.30 bits per heavy atom. The van der Waals surface area contributed by atoms with Gasteiger partial charge in [0.05, 0.1) is 12.7 Å². The third-order valence-corrected chi connectivity index (χ3v) is 3.06. The number of benzene rings is 1. The molecule has 0 unspecified atom stereocenters. The second kappa shape index (κ2) is 6.34. The van der Waals surface area contributed by atoms with E-state index in [2.05, 4.69) is 23.3 Å². The fraction of sp³-hybridized carbons (Fsp3) is 0.333. The minimum absolute atomic E-state index is 0.180. The van der Waals surface area contributed by atoms with Crippen LogP contribution < -0.4 is 16.0 Å². The highest BCUT2D eigenvalue weighted by atomic mass is 16.5. The van der Waals surface area contributed by atoms with Gasteiger partial charge in [-0.1, -0.05) is 23.8 Å². The average molecular weight is 273 g/mol. The minimum Gasteiger partial charge on any atom is -0.490 e. The third kappa shape index (κ3) is 3.45. The first-order valence-corrected chi connectivity index (χ1v) is 6.56. The molecular weight excluding hydrogens is 254 g/mol. The maximum Gasteiger partial charge on any atom is 0.270 e. The lowest BCUT2D eigenvalue weighted by Crippen LogP contribution is -2.23. The minimum atomic E-state index is -0.180. The van der Waals surface area contributed by atoms with E-state index < -0.39 is 0 Å². The Hall–Kier alpha value is -2.14. The van der Waals surface area contributed by atoms with Crippen LogP contribution in [0.2, 0.25) is 0 Å². The van der Waals surface area contributed by atoms with Crippen LogP contribution >= 0.6 is 0 Å². The average Bonchev–Trinajstić information content (AvgIpc) is 2.43. The third-order valence-electron chi connectivity index (χ3n) is 3.06. The molecule has 0 amide bonds. The molecule has 1 aromatic carbocycles. The molecule has 0 fully saturated rings. The highest BCUT2D eigenvalue weighted by molar-refractivity contribution is 5.30. The number of ether oxygens (including phenoxy) is 1. The molecule has 20 heavy (non-hydrogen) atoms. The maximum absolute atomic E-state index is 12.0. The first-order chi connectivity index (χ1) is 9.60. The van der Waals surface area contributed by atoms with Gasteiger partial charge in [-0.2, -0.15) is 5.10 Å². The molecule has 0 aliphatic heterocycles. The van der Waals surface area contributed by atoms with Gasteiger partial charge in [-0.05, 0) is 25.0 Å². The predicted molar refractivity (Wildman–Crippen MR) is 78.1 cm³/mol. The zero-order valence-electron chi connectivity index (χ0n) is 11.8. The quantitative estimate of drug-likeness (QED) is 0.890. The summed E-state index contributed by atoms with van der Waals surface area (Å²) in [5.74, 6) is 0.456. The lowest BCUT2D eigenvalue weighted by atomic mass is 10.1. The van der Waals surface area contributed by atoms with Crippen LogP contribution in [0.15, 0.2) is 35.3 Å². The normalized spacial score (nSPS) is 10.6. The van der Waals surface area contributed by atoms with Gasteiger partial charge >= 0.3 is 0 Å². The Bertz CT molecular complexity index is 650. The van der Waals surface area contributed by atoms with Crippen molar-refractivity contribution in [2.75, 3.05) is 13.2 Å². The number of hydrogen-bond acceptors (Lipinski definition) is 4. The predicted octanol–water partition coefficient (Wildman–Crippen LogP) is 1.25. The topological polar surface area (TPSA) is 70.1 Å².